The molecule has 1 heterocycles. The van der Waals surface area contributed by atoms with E-state index in [1.54, 1.807) is 17.8 Å². The van der Waals surface area contributed by atoms with E-state index in [1.807, 2.05) is 32.0 Å². The summed E-state index contributed by atoms with van der Waals surface area (Å²) in [7, 11) is -3.29. The summed E-state index contributed by atoms with van der Waals surface area (Å²) in [6.45, 7) is 4.00. The molecule has 0 radical (unpaired) electrons. The minimum Gasteiger partial charge on any atom is -0.379 e. The van der Waals surface area contributed by atoms with Crippen LogP contribution in [0.3, 0.4) is 0 Å². The highest BCUT2D eigenvalue weighted by atomic mass is 32.2. The highest BCUT2D eigenvalue weighted by Gasteiger charge is 2.29. The number of aliphatic imine (C=N–C) groups is 1. The van der Waals surface area contributed by atoms with Crippen LogP contribution in [-0.2, 0) is 15.6 Å². The summed E-state index contributed by atoms with van der Waals surface area (Å²) >= 11 is 1.55. The Kier molecular flexibility index (Phi) is 5.39. The molecule has 0 bridgehead atoms. The zero-order valence-electron chi connectivity index (χ0n) is 13.0. The summed E-state index contributed by atoms with van der Waals surface area (Å²) in [6.07, 6.45) is 2.39. The van der Waals surface area contributed by atoms with Gasteiger partial charge < -0.3 is 5.73 Å². The molecular weight excluding hydrogens is 318 g/mol. The van der Waals surface area contributed by atoms with Crippen molar-refractivity contribution >= 4 is 32.6 Å². The molecule has 5 nitrogen and oxygen atoms in total. The SMILES string of the molecule is CCCCS(=O)(=O)Nc1cccc(C2(C)CCSC(N)=N2)c1. The first-order valence-corrected chi connectivity index (χ1v) is 10.1. The molecule has 0 spiro atoms. The molecule has 0 aliphatic carbocycles. The maximum Gasteiger partial charge on any atom is 0.232 e. The van der Waals surface area contributed by atoms with Gasteiger partial charge in [-0.05, 0) is 37.5 Å². The molecule has 122 valence electrons. The third kappa shape index (κ3) is 4.39. The normalized spacial score (nSPS) is 22.2. The largest absolute Gasteiger partial charge is 0.379 e. The number of benzene rings is 1. The van der Waals surface area contributed by atoms with Crippen molar-refractivity contribution < 1.29 is 8.42 Å². The summed E-state index contributed by atoms with van der Waals surface area (Å²) in [5, 5.41) is 0.586. The monoisotopic (exact) mass is 341 g/mol. The van der Waals surface area contributed by atoms with Crippen molar-refractivity contribution in [2.24, 2.45) is 10.7 Å². The Morgan fingerprint density at radius 1 is 1.45 bits per heavy atom. The quantitative estimate of drug-likeness (QED) is 0.833. The summed E-state index contributed by atoms with van der Waals surface area (Å²) in [4.78, 5) is 4.55. The molecule has 2 rings (SSSR count). The summed E-state index contributed by atoms with van der Waals surface area (Å²) in [6, 6.07) is 7.44. The van der Waals surface area contributed by atoms with E-state index in [2.05, 4.69) is 9.71 Å². The van der Waals surface area contributed by atoms with Crippen LogP contribution >= 0.6 is 11.8 Å². The standard InChI is InChI=1S/C15H23N3O2S2/c1-3-4-10-22(19,20)18-13-7-5-6-12(11-13)15(2)8-9-21-14(16)17-15/h5-7,11,18H,3-4,8-10H2,1-2H3,(H2,16,17). The molecule has 7 heteroatoms. The van der Waals surface area contributed by atoms with Crippen LogP contribution in [0.4, 0.5) is 5.69 Å². The first-order valence-electron chi connectivity index (χ1n) is 7.44. The van der Waals surface area contributed by atoms with Gasteiger partial charge in [0, 0.05) is 11.4 Å². The van der Waals surface area contributed by atoms with Gasteiger partial charge in [-0.1, -0.05) is 37.2 Å². The number of anilines is 1. The molecule has 3 N–H and O–H groups in total. The fourth-order valence-electron chi connectivity index (χ4n) is 2.38. The molecule has 0 fully saturated rings. The van der Waals surface area contributed by atoms with E-state index in [0.29, 0.717) is 17.3 Å². The first kappa shape index (κ1) is 17.1. The van der Waals surface area contributed by atoms with Gasteiger partial charge in [0.15, 0.2) is 5.17 Å². The number of thioether (sulfide) groups is 1. The van der Waals surface area contributed by atoms with Crippen molar-refractivity contribution in [2.45, 2.75) is 38.6 Å². The Hall–Kier alpha value is -1.21. The van der Waals surface area contributed by atoms with Crippen LogP contribution in [0, 0.1) is 0 Å². The van der Waals surface area contributed by atoms with Crippen LogP contribution in [0.15, 0.2) is 29.3 Å². The molecule has 1 aromatic rings. The Morgan fingerprint density at radius 2 is 2.23 bits per heavy atom. The van der Waals surface area contributed by atoms with E-state index in [9.17, 15) is 8.42 Å². The van der Waals surface area contributed by atoms with Gasteiger partial charge in [0.1, 0.15) is 0 Å². The van der Waals surface area contributed by atoms with Crippen LogP contribution < -0.4 is 10.5 Å². The fourth-order valence-corrected chi connectivity index (χ4v) is 4.61. The molecule has 0 aromatic heterocycles. The first-order chi connectivity index (χ1) is 10.3. The number of nitrogens with one attached hydrogen (secondary N) is 1. The van der Waals surface area contributed by atoms with Crippen LogP contribution in [0.1, 0.15) is 38.7 Å². The highest BCUT2D eigenvalue weighted by molar-refractivity contribution is 8.13. The van der Waals surface area contributed by atoms with Gasteiger partial charge in [0.25, 0.3) is 0 Å². The fraction of sp³-hybridized carbons (Fsp3) is 0.533. The average Bonchev–Trinajstić information content (AvgIpc) is 2.45. The molecule has 0 amide bonds. The smallest absolute Gasteiger partial charge is 0.232 e. The van der Waals surface area contributed by atoms with Crippen molar-refractivity contribution in [3.05, 3.63) is 29.8 Å². The number of sulfonamides is 1. The van der Waals surface area contributed by atoms with E-state index in [1.165, 1.54) is 0 Å². The number of nitrogens with two attached hydrogens (primary N) is 1. The lowest BCUT2D eigenvalue weighted by molar-refractivity contribution is 0.482. The van der Waals surface area contributed by atoms with Gasteiger partial charge in [-0.3, -0.25) is 9.71 Å². The van der Waals surface area contributed by atoms with Crippen molar-refractivity contribution in [1.29, 1.82) is 0 Å². The van der Waals surface area contributed by atoms with Gasteiger partial charge in [0.05, 0.1) is 11.3 Å². The zero-order valence-corrected chi connectivity index (χ0v) is 14.6. The van der Waals surface area contributed by atoms with Crippen LogP contribution in [0.2, 0.25) is 0 Å². The molecule has 0 saturated heterocycles. The highest BCUT2D eigenvalue weighted by Crippen LogP contribution is 2.35. The van der Waals surface area contributed by atoms with Crippen molar-refractivity contribution in [1.82, 2.24) is 0 Å². The molecule has 1 aliphatic heterocycles. The second-order valence-electron chi connectivity index (χ2n) is 5.68. The van der Waals surface area contributed by atoms with Crippen molar-refractivity contribution in [2.75, 3.05) is 16.2 Å². The topological polar surface area (TPSA) is 84.5 Å². The molecule has 1 atom stereocenters. The third-order valence-corrected chi connectivity index (χ3v) is 5.89. The minimum atomic E-state index is -3.29. The van der Waals surface area contributed by atoms with E-state index in [4.69, 9.17) is 5.73 Å². The number of nitrogens with zero attached hydrogens (tertiary/aromatic N) is 1. The Bertz CT molecular complexity index is 659. The number of hydrogen-bond acceptors (Lipinski definition) is 5. The lowest BCUT2D eigenvalue weighted by Crippen LogP contribution is -2.28. The van der Waals surface area contributed by atoms with Gasteiger partial charge in [-0.2, -0.15) is 0 Å². The summed E-state index contributed by atoms with van der Waals surface area (Å²) in [5.74, 6) is 1.06. The van der Waals surface area contributed by atoms with E-state index in [-0.39, 0.29) is 11.3 Å². The van der Waals surface area contributed by atoms with Gasteiger partial charge >= 0.3 is 0 Å². The van der Waals surface area contributed by atoms with Gasteiger partial charge in [-0.25, -0.2) is 8.42 Å². The minimum absolute atomic E-state index is 0.146. The number of hydrogen-bond donors (Lipinski definition) is 2. The van der Waals surface area contributed by atoms with Crippen molar-refractivity contribution in [3.63, 3.8) is 0 Å². The molecule has 1 aromatic carbocycles. The molecule has 22 heavy (non-hydrogen) atoms. The zero-order chi connectivity index (χ0) is 16.2. The van der Waals surface area contributed by atoms with Gasteiger partial charge in [0.2, 0.25) is 10.0 Å². The molecular formula is C15H23N3O2S2. The lowest BCUT2D eigenvalue weighted by atomic mass is 9.89. The van der Waals surface area contributed by atoms with Crippen LogP contribution in [-0.4, -0.2) is 25.1 Å². The number of rotatable bonds is 6. The average molecular weight is 342 g/mol. The Labute approximate surface area is 136 Å². The van der Waals surface area contributed by atoms with E-state index in [0.717, 1.165) is 24.2 Å². The molecule has 1 unspecified atom stereocenters. The predicted molar refractivity (Wildman–Crippen MR) is 94.8 cm³/mol. The second-order valence-corrected chi connectivity index (χ2v) is 8.63. The predicted octanol–water partition coefficient (Wildman–Crippen LogP) is 2.90. The van der Waals surface area contributed by atoms with Gasteiger partial charge in [-0.15, -0.1) is 0 Å². The maximum absolute atomic E-state index is 12.0. The van der Waals surface area contributed by atoms with Crippen molar-refractivity contribution in [3.8, 4) is 0 Å². The van der Waals surface area contributed by atoms with Crippen LogP contribution in [0.25, 0.3) is 0 Å². The summed E-state index contributed by atoms with van der Waals surface area (Å²) < 4.78 is 26.7. The summed E-state index contributed by atoms with van der Waals surface area (Å²) in [5.41, 5.74) is 7.02. The molecule has 1 aliphatic rings. The third-order valence-electron chi connectivity index (χ3n) is 3.72. The number of unbranched alkanes of at least 4 members (excludes halogenated alkanes) is 1. The second kappa shape index (κ2) is 6.91. The Morgan fingerprint density at radius 3 is 2.91 bits per heavy atom. The molecule has 0 saturated carbocycles. The van der Waals surface area contributed by atoms with E-state index < -0.39 is 10.0 Å². The van der Waals surface area contributed by atoms with E-state index >= 15 is 0 Å². The Balaban J connectivity index is 2.22. The lowest BCUT2D eigenvalue weighted by Gasteiger charge is -2.30. The number of amidine groups is 1. The maximum atomic E-state index is 12.0. The van der Waals surface area contributed by atoms with Crippen LogP contribution in [0.5, 0.6) is 0 Å².